The van der Waals surface area contributed by atoms with Crippen molar-refractivity contribution < 1.29 is 14.3 Å². The second kappa shape index (κ2) is 6.38. The van der Waals surface area contributed by atoms with Gasteiger partial charge in [-0.1, -0.05) is 0 Å². The summed E-state index contributed by atoms with van der Waals surface area (Å²) >= 11 is 0. The van der Waals surface area contributed by atoms with Crippen molar-refractivity contribution in [2.75, 3.05) is 33.9 Å². The second-order valence-corrected chi connectivity index (χ2v) is 5.83. The summed E-state index contributed by atoms with van der Waals surface area (Å²) < 4.78 is 10.6. The maximum atomic E-state index is 11.9. The van der Waals surface area contributed by atoms with Crippen LogP contribution >= 0.6 is 0 Å². The van der Waals surface area contributed by atoms with E-state index in [1.165, 1.54) is 0 Å². The highest BCUT2D eigenvalue weighted by atomic mass is 16.6. The highest BCUT2D eigenvalue weighted by Crippen LogP contribution is 2.22. The molecule has 2 atom stereocenters. The first-order valence-corrected chi connectivity index (χ1v) is 6.51. The van der Waals surface area contributed by atoms with E-state index in [4.69, 9.17) is 9.47 Å². The minimum atomic E-state index is -0.426. The SMILES string of the molecule is CNC(COC)C1CCN(C(=O)OC(C)(C)C)C1. The summed E-state index contributed by atoms with van der Waals surface area (Å²) in [5.41, 5.74) is -0.426. The number of carbonyl (C=O) groups excluding carboxylic acids is 1. The highest BCUT2D eigenvalue weighted by molar-refractivity contribution is 5.68. The van der Waals surface area contributed by atoms with E-state index in [-0.39, 0.29) is 6.09 Å². The van der Waals surface area contributed by atoms with Crippen molar-refractivity contribution in [3.8, 4) is 0 Å². The highest BCUT2D eigenvalue weighted by Gasteiger charge is 2.33. The molecule has 1 fully saturated rings. The van der Waals surface area contributed by atoms with Gasteiger partial charge in [0, 0.05) is 26.2 Å². The first-order valence-electron chi connectivity index (χ1n) is 6.51. The van der Waals surface area contributed by atoms with Gasteiger partial charge in [-0.05, 0) is 40.2 Å². The summed E-state index contributed by atoms with van der Waals surface area (Å²) in [6.07, 6.45) is 0.783. The quantitative estimate of drug-likeness (QED) is 0.830. The topological polar surface area (TPSA) is 50.8 Å². The fourth-order valence-electron chi connectivity index (χ4n) is 2.24. The van der Waals surface area contributed by atoms with E-state index in [0.29, 0.717) is 18.6 Å². The third-order valence-corrected chi connectivity index (χ3v) is 3.16. The summed E-state index contributed by atoms with van der Waals surface area (Å²) in [7, 11) is 3.63. The molecule has 0 aromatic heterocycles. The molecule has 1 N–H and O–H groups in total. The lowest BCUT2D eigenvalue weighted by atomic mass is 10.00. The van der Waals surface area contributed by atoms with E-state index in [9.17, 15) is 4.79 Å². The Balaban J connectivity index is 2.47. The van der Waals surface area contributed by atoms with Crippen LogP contribution in [0.3, 0.4) is 0 Å². The van der Waals surface area contributed by atoms with Crippen LogP contribution in [-0.4, -0.2) is 56.5 Å². The van der Waals surface area contributed by atoms with Crippen LogP contribution in [0.15, 0.2) is 0 Å². The average Bonchev–Trinajstić information content (AvgIpc) is 2.72. The number of likely N-dealkylation sites (tertiary alicyclic amines) is 1. The van der Waals surface area contributed by atoms with Crippen molar-refractivity contribution in [3.63, 3.8) is 0 Å². The number of ether oxygens (including phenoxy) is 2. The summed E-state index contributed by atoms with van der Waals surface area (Å²) in [6.45, 7) is 7.84. The molecule has 0 aromatic rings. The molecule has 0 spiro atoms. The summed E-state index contributed by atoms with van der Waals surface area (Å²) in [4.78, 5) is 13.7. The minimum absolute atomic E-state index is 0.211. The first kappa shape index (κ1) is 15.2. The molecule has 1 amide bonds. The normalized spacial score (nSPS) is 22.1. The first-order chi connectivity index (χ1) is 8.37. The van der Waals surface area contributed by atoms with Gasteiger partial charge in [0.2, 0.25) is 0 Å². The number of rotatable bonds is 4. The molecule has 18 heavy (non-hydrogen) atoms. The molecule has 2 unspecified atom stereocenters. The van der Waals surface area contributed by atoms with Crippen LogP contribution in [-0.2, 0) is 9.47 Å². The van der Waals surface area contributed by atoms with E-state index < -0.39 is 5.60 Å². The largest absolute Gasteiger partial charge is 0.444 e. The molecule has 1 saturated heterocycles. The minimum Gasteiger partial charge on any atom is -0.444 e. The molecular formula is C13H26N2O3. The number of amides is 1. The Morgan fingerprint density at radius 3 is 2.67 bits per heavy atom. The zero-order valence-electron chi connectivity index (χ0n) is 12.2. The zero-order chi connectivity index (χ0) is 13.8. The molecule has 1 heterocycles. The van der Waals surface area contributed by atoms with Gasteiger partial charge in [-0.15, -0.1) is 0 Å². The Bertz CT molecular complexity index is 276. The third kappa shape index (κ3) is 4.46. The van der Waals surface area contributed by atoms with E-state index >= 15 is 0 Å². The van der Waals surface area contributed by atoms with Crippen molar-refractivity contribution in [2.45, 2.75) is 38.8 Å². The molecular weight excluding hydrogens is 232 g/mol. The van der Waals surface area contributed by atoms with Gasteiger partial charge >= 0.3 is 6.09 Å². The van der Waals surface area contributed by atoms with Crippen LogP contribution in [0.4, 0.5) is 4.79 Å². The third-order valence-electron chi connectivity index (χ3n) is 3.16. The summed E-state index contributed by atoms with van der Waals surface area (Å²) in [5.74, 6) is 0.433. The lowest BCUT2D eigenvalue weighted by Gasteiger charge is -2.26. The molecule has 106 valence electrons. The van der Waals surface area contributed by atoms with Gasteiger partial charge in [-0.25, -0.2) is 4.79 Å². The van der Waals surface area contributed by atoms with Crippen molar-refractivity contribution in [1.82, 2.24) is 10.2 Å². The van der Waals surface area contributed by atoms with Crippen LogP contribution in [0.2, 0.25) is 0 Å². The molecule has 0 bridgehead atoms. The number of nitrogens with one attached hydrogen (secondary N) is 1. The number of hydrogen-bond donors (Lipinski definition) is 1. The molecule has 5 nitrogen and oxygen atoms in total. The van der Waals surface area contributed by atoms with E-state index in [2.05, 4.69) is 5.32 Å². The lowest BCUT2D eigenvalue weighted by molar-refractivity contribution is 0.0281. The van der Waals surface area contributed by atoms with E-state index in [1.54, 1.807) is 12.0 Å². The molecule has 1 aliphatic rings. The van der Waals surface area contributed by atoms with Crippen molar-refractivity contribution >= 4 is 6.09 Å². The predicted octanol–water partition coefficient (Wildman–Crippen LogP) is 1.48. The molecule has 5 heteroatoms. The van der Waals surface area contributed by atoms with Crippen LogP contribution in [0.25, 0.3) is 0 Å². The molecule has 0 aliphatic carbocycles. The van der Waals surface area contributed by atoms with Gasteiger partial charge in [0.25, 0.3) is 0 Å². The van der Waals surface area contributed by atoms with Gasteiger partial charge in [-0.2, -0.15) is 0 Å². The molecule has 1 aliphatic heterocycles. The average molecular weight is 258 g/mol. The fraction of sp³-hybridized carbons (Fsp3) is 0.923. The van der Waals surface area contributed by atoms with Crippen LogP contribution in [0, 0.1) is 5.92 Å². The van der Waals surface area contributed by atoms with E-state index in [0.717, 1.165) is 19.5 Å². The standard InChI is InChI=1S/C13H26N2O3/c1-13(2,3)18-12(16)15-7-6-10(8-15)11(14-4)9-17-5/h10-11,14H,6-9H2,1-5H3. The predicted molar refractivity (Wildman–Crippen MR) is 70.6 cm³/mol. The Kier molecular flexibility index (Phi) is 5.41. The number of nitrogens with zero attached hydrogens (tertiary/aromatic N) is 1. The molecule has 1 rings (SSSR count). The maximum Gasteiger partial charge on any atom is 0.410 e. The number of carbonyl (C=O) groups is 1. The maximum absolute atomic E-state index is 11.9. The van der Waals surface area contributed by atoms with Crippen LogP contribution in [0.1, 0.15) is 27.2 Å². The van der Waals surface area contributed by atoms with Crippen molar-refractivity contribution in [3.05, 3.63) is 0 Å². The van der Waals surface area contributed by atoms with Gasteiger partial charge in [0.15, 0.2) is 0 Å². The fourth-order valence-corrected chi connectivity index (χ4v) is 2.24. The molecule has 0 aromatic carbocycles. The number of likely N-dealkylation sites (N-methyl/N-ethyl adjacent to an activating group) is 1. The molecule has 0 radical (unpaired) electrons. The summed E-state index contributed by atoms with van der Waals surface area (Å²) in [5, 5.41) is 3.25. The van der Waals surface area contributed by atoms with Crippen LogP contribution < -0.4 is 5.32 Å². The Morgan fingerprint density at radius 1 is 1.50 bits per heavy atom. The zero-order valence-corrected chi connectivity index (χ0v) is 12.2. The van der Waals surface area contributed by atoms with Crippen molar-refractivity contribution in [1.29, 1.82) is 0 Å². The number of hydrogen-bond acceptors (Lipinski definition) is 4. The lowest BCUT2D eigenvalue weighted by Crippen LogP contribution is -2.40. The monoisotopic (exact) mass is 258 g/mol. The Labute approximate surface area is 110 Å². The van der Waals surface area contributed by atoms with Crippen LogP contribution in [0.5, 0.6) is 0 Å². The van der Waals surface area contributed by atoms with Gasteiger partial charge in [-0.3, -0.25) is 0 Å². The van der Waals surface area contributed by atoms with Crippen molar-refractivity contribution in [2.24, 2.45) is 5.92 Å². The smallest absolute Gasteiger partial charge is 0.410 e. The Hall–Kier alpha value is -0.810. The van der Waals surface area contributed by atoms with E-state index in [1.807, 2.05) is 27.8 Å². The van der Waals surface area contributed by atoms with Gasteiger partial charge in [0.1, 0.15) is 5.60 Å². The Morgan fingerprint density at radius 2 is 2.17 bits per heavy atom. The second-order valence-electron chi connectivity index (χ2n) is 5.83. The van der Waals surface area contributed by atoms with Gasteiger partial charge < -0.3 is 19.7 Å². The summed E-state index contributed by atoms with van der Waals surface area (Å²) in [6, 6.07) is 0.294. The van der Waals surface area contributed by atoms with Gasteiger partial charge in [0.05, 0.1) is 6.61 Å². The molecule has 0 saturated carbocycles. The number of methoxy groups -OCH3 is 1.